The number of likely N-dealkylation sites (N-methyl/N-ethyl adjacent to an activating group) is 2. The van der Waals surface area contributed by atoms with Gasteiger partial charge in [0.1, 0.15) is 5.82 Å². The van der Waals surface area contributed by atoms with Gasteiger partial charge in [-0.1, -0.05) is 6.92 Å². The predicted octanol–water partition coefficient (Wildman–Crippen LogP) is 1.89. The van der Waals surface area contributed by atoms with Crippen molar-refractivity contribution >= 4 is 5.82 Å². The molecule has 1 saturated carbocycles. The van der Waals surface area contributed by atoms with Crippen LogP contribution in [0.1, 0.15) is 31.0 Å². The molecule has 112 valence electrons. The normalized spacial score (nSPS) is 14.8. The van der Waals surface area contributed by atoms with Gasteiger partial charge in [-0.15, -0.1) is 0 Å². The highest BCUT2D eigenvalue weighted by Crippen LogP contribution is 2.20. The fourth-order valence-electron chi connectivity index (χ4n) is 2.13. The van der Waals surface area contributed by atoms with Gasteiger partial charge in [0.2, 0.25) is 0 Å². The molecule has 0 radical (unpaired) electrons. The summed E-state index contributed by atoms with van der Waals surface area (Å²) in [4.78, 5) is 9.21. The summed E-state index contributed by atoms with van der Waals surface area (Å²) in [6.45, 7) is 5.19. The highest BCUT2D eigenvalue weighted by atomic mass is 15.2. The van der Waals surface area contributed by atoms with Crippen molar-refractivity contribution in [1.82, 2.24) is 15.2 Å². The molecule has 0 unspecified atom stereocenters. The lowest BCUT2D eigenvalue weighted by atomic mass is 10.2. The first kappa shape index (κ1) is 15.3. The maximum absolute atomic E-state index is 4.75. The molecule has 1 aliphatic carbocycles. The van der Waals surface area contributed by atoms with Gasteiger partial charge in [0.15, 0.2) is 0 Å². The van der Waals surface area contributed by atoms with Crippen LogP contribution in [0, 0.1) is 0 Å². The van der Waals surface area contributed by atoms with Crippen LogP contribution in [0.2, 0.25) is 0 Å². The lowest BCUT2D eigenvalue weighted by Gasteiger charge is -2.22. The summed E-state index contributed by atoms with van der Waals surface area (Å²) in [6.07, 6.45) is 3.66. The molecule has 1 aliphatic rings. The van der Waals surface area contributed by atoms with Crippen LogP contribution >= 0.6 is 0 Å². The number of aryl methyl sites for hydroxylation is 1. The third-order valence-electron chi connectivity index (χ3n) is 3.73. The van der Waals surface area contributed by atoms with Gasteiger partial charge in [0.05, 0.1) is 0 Å². The van der Waals surface area contributed by atoms with Crippen LogP contribution in [-0.2, 0) is 13.0 Å². The van der Waals surface area contributed by atoms with Gasteiger partial charge >= 0.3 is 0 Å². The van der Waals surface area contributed by atoms with Crippen LogP contribution in [0.3, 0.4) is 0 Å². The number of hydrogen-bond donors (Lipinski definition) is 1. The summed E-state index contributed by atoms with van der Waals surface area (Å²) in [5.41, 5.74) is 2.54. The van der Waals surface area contributed by atoms with Gasteiger partial charge in [-0.3, -0.25) is 0 Å². The molecule has 2 rings (SSSR count). The second-order valence-corrected chi connectivity index (χ2v) is 6.06. The molecule has 1 aromatic heterocycles. The molecule has 0 spiro atoms. The van der Waals surface area contributed by atoms with Gasteiger partial charge in [0.25, 0.3) is 0 Å². The van der Waals surface area contributed by atoms with Crippen LogP contribution in [-0.4, -0.2) is 50.2 Å². The Morgan fingerprint density at radius 2 is 1.95 bits per heavy atom. The maximum Gasteiger partial charge on any atom is 0.128 e. The molecule has 4 nitrogen and oxygen atoms in total. The third-order valence-corrected chi connectivity index (χ3v) is 3.73. The Bertz CT molecular complexity index is 426. The summed E-state index contributed by atoms with van der Waals surface area (Å²) in [5, 5.41) is 3.59. The SMILES string of the molecule is CCc1cc(CNC2CC2)cc(N(C)CCN(C)C)n1. The number of aromatic nitrogens is 1. The molecular weight excluding hydrogens is 248 g/mol. The number of nitrogens with zero attached hydrogens (tertiary/aromatic N) is 3. The maximum atomic E-state index is 4.75. The number of pyridine rings is 1. The topological polar surface area (TPSA) is 31.4 Å². The molecular formula is C16H28N4. The molecule has 0 amide bonds. The Balaban J connectivity index is 2.03. The smallest absolute Gasteiger partial charge is 0.128 e. The van der Waals surface area contributed by atoms with E-state index in [1.165, 1.54) is 24.1 Å². The van der Waals surface area contributed by atoms with E-state index in [0.29, 0.717) is 0 Å². The summed E-state index contributed by atoms with van der Waals surface area (Å²) < 4.78 is 0. The van der Waals surface area contributed by atoms with Gasteiger partial charge in [-0.05, 0) is 51.1 Å². The summed E-state index contributed by atoms with van der Waals surface area (Å²) in [7, 11) is 6.34. The lowest BCUT2D eigenvalue weighted by Crippen LogP contribution is -2.29. The zero-order chi connectivity index (χ0) is 14.5. The minimum absolute atomic E-state index is 0.753. The highest BCUT2D eigenvalue weighted by molar-refractivity contribution is 5.42. The van der Waals surface area contributed by atoms with E-state index in [1.807, 2.05) is 0 Å². The van der Waals surface area contributed by atoms with E-state index in [4.69, 9.17) is 4.98 Å². The molecule has 0 aliphatic heterocycles. The van der Waals surface area contributed by atoms with Crippen molar-refractivity contribution in [3.05, 3.63) is 23.4 Å². The average Bonchev–Trinajstić information content (AvgIpc) is 3.26. The van der Waals surface area contributed by atoms with E-state index < -0.39 is 0 Å². The van der Waals surface area contributed by atoms with E-state index in [-0.39, 0.29) is 0 Å². The Morgan fingerprint density at radius 3 is 2.55 bits per heavy atom. The second kappa shape index (κ2) is 7.04. The third kappa shape index (κ3) is 4.76. The average molecular weight is 276 g/mol. The first-order chi connectivity index (χ1) is 9.58. The molecule has 1 aromatic rings. The lowest BCUT2D eigenvalue weighted by molar-refractivity contribution is 0.416. The van der Waals surface area contributed by atoms with Crippen molar-refractivity contribution in [2.24, 2.45) is 0 Å². The largest absolute Gasteiger partial charge is 0.358 e. The first-order valence-corrected chi connectivity index (χ1v) is 7.67. The minimum atomic E-state index is 0.753. The van der Waals surface area contributed by atoms with Crippen LogP contribution in [0.15, 0.2) is 12.1 Å². The molecule has 4 heteroatoms. The van der Waals surface area contributed by atoms with Crippen molar-refractivity contribution in [2.45, 2.75) is 38.8 Å². The highest BCUT2D eigenvalue weighted by Gasteiger charge is 2.20. The van der Waals surface area contributed by atoms with Crippen molar-refractivity contribution < 1.29 is 0 Å². The van der Waals surface area contributed by atoms with Gasteiger partial charge in [-0.2, -0.15) is 0 Å². The summed E-state index contributed by atoms with van der Waals surface area (Å²) >= 11 is 0. The monoisotopic (exact) mass is 276 g/mol. The van der Waals surface area contributed by atoms with E-state index >= 15 is 0 Å². The molecule has 0 saturated heterocycles. The predicted molar refractivity (Wildman–Crippen MR) is 85.3 cm³/mol. The first-order valence-electron chi connectivity index (χ1n) is 7.67. The van der Waals surface area contributed by atoms with E-state index in [9.17, 15) is 0 Å². The van der Waals surface area contributed by atoms with Gasteiger partial charge in [-0.25, -0.2) is 4.98 Å². The van der Waals surface area contributed by atoms with Gasteiger partial charge < -0.3 is 15.1 Å². The Kier molecular flexibility index (Phi) is 5.38. The molecule has 1 fully saturated rings. The summed E-state index contributed by atoms with van der Waals surface area (Å²) in [6, 6.07) is 5.21. The molecule has 0 bridgehead atoms. The Hall–Kier alpha value is -1.13. The number of anilines is 1. The molecule has 20 heavy (non-hydrogen) atoms. The van der Waals surface area contributed by atoms with Crippen LogP contribution in [0.5, 0.6) is 0 Å². The standard InChI is InChI=1S/C16H28N4/c1-5-14-10-13(12-17-15-6-7-15)11-16(18-14)20(4)9-8-19(2)3/h10-11,15,17H,5-9,12H2,1-4H3. The number of hydrogen-bond acceptors (Lipinski definition) is 4. The van der Waals surface area contributed by atoms with E-state index in [1.54, 1.807) is 0 Å². The van der Waals surface area contributed by atoms with Crippen molar-refractivity contribution in [3.63, 3.8) is 0 Å². The molecule has 0 atom stereocenters. The number of rotatable bonds is 8. The molecule has 0 aromatic carbocycles. The van der Waals surface area contributed by atoms with E-state index in [2.05, 4.69) is 55.3 Å². The van der Waals surface area contributed by atoms with Crippen LogP contribution < -0.4 is 10.2 Å². The van der Waals surface area contributed by atoms with Crippen molar-refractivity contribution in [2.75, 3.05) is 39.1 Å². The molecule has 1 N–H and O–H groups in total. The summed E-state index contributed by atoms with van der Waals surface area (Å²) in [5.74, 6) is 1.10. The van der Waals surface area contributed by atoms with E-state index in [0.717, 1.165) is 37.9 Å². The Labute approximate surface area is 123 Å². The van der Waals surface area contributed by atoms with Gasteiger partial charge in [0, 0.05) is 38.4 Å². The fourth-order valence-corrected chi connectivity index (χ4v) is 2.13. The molecule has 1 heterocycles. The number of nitrogens with one attached hydrogen (secondary N) is 1. The van der Waals surface area contributed by atoms with Crippen molar-refractivity contribution in [1.29, 1.82) is 0 Å². The quantitative estimate of drug-likeness (QED) is 0.786. The fraction of sp³-hybridized carbons (Fsp3) is 0.688. The zero-order valence-corrected chi connectivity index (χ0v) is 13.3. The van der Waals surface area contributed by atoms with Crippen LogP contribution in [0.4, 0.5) is 5.82 Å². The second-order valence-electron chi connectivity index (χ2n) is 6.06. The Morgan fingerprint density at radius 1 is 1.20 bits per heavy atom. The zero-order valence-electron chi connectivity index (χ0n) is 13.3. The van der Waals surface area contributed by atoms with Crippen LogP contribution in [0.25, 0.3) is 0 Å². The van der Waals surface area contributed by atoms with Crippen molar-refractivity contribution in [3.8, 4) is 0 Å². The minimum Gasteiger partial charge on any atom is -0.358 e.